The zero-order chi connectivity index (χ0) is 14.1. The molecule has 0 bridgehead atoms. The molecule has 2 aromatic heterocycles. The number of anilines is 1. The van der Waals surface area contributed by atoms with Crippen LogP contribution in [0.5, 0.6) is 5.75 Å². The van der Waals surface area contributed by atoms with Crippen molar-refractivity contribution < 1.29 is 9.53 Å². The first-order valence-corrected chi connectivity index (χ1v) is 7.50. The SMILES string of the molecule is COc1cccc2sc(NC(=O)c3csnc3C)nc12. The van der Waals surface area contributed by atoms with Crippen LogP contribution in [0.4, 0.5) is 5.13 Å². The van der Waals surface area contributed by atoms with Crippen LogP contribution in [0.2, 0.25) is 0 Å². The molecule has 3 rings (SSSR count). The molecule has 20 heavy (non-hydrogen) atoms. The van der Waals surface area contributed by atoms with Crippen LogP contribution in [0.1, 0.15) is 16.1 Å². The number of rotatable bonds is 3. The van der Waals surface area contributed by atoms with Gasteiger partial charge in [-0.3, -0.25) is 10.1 Å². The summed E-state index contributed by atoms with van der Waals surface area (Å²) in [5.74, 6) is 0.516. The average Bonchev–Trinajstić information content (AvgIpc) is 3.03. The molecule has 1 amide bonds. The van der Waals surface area contributed by atoms with Gasteiger partial charge in [-0.1, -0.05) is 17.4 Å². The van der Waals surface area contributed by atoms with E-state index >= 15 is 0 Å². The fraction of sp³-hybridized carbons (Fsp3) is 0.154. The Labute approximate surface area is 123 Å². The van der Waals surface area contributed by atoms with E-state index in [1.807, 2.05) is 25.1 Å². The minimum Gasteiger partial charge on any atom is -0.494 e. The second kappa shape index (κ2) is 5.18. The number of benzene rings is 1. The summed E-state index contributed by atoms with van der Waals surface area (Å²) in [6.07, 6.45) is 0. The summed E-state index contributed by atoms with van der Waals surface area (Å²) >= 11 is 2.69. The largest absolute Gasteiger partial charge is 0.494 e. The number of nitrogens with zero attached hydrogens (tertiary/aromatic N) is 2. The molecule has 0 saturated carbocycles. The predicted octanol–water partition coefficient (Wildman–Crippen LogP) is 3.32. The van der Waals surface area contributed by atoms with E-state index in [1.54, 1.807) is 12.5 Å². The van der Waals surface area contributed by atoms with Crippen LogP contribution in [-0.2, 0) is 0 Å². The Morgan fingerprint density at radius 3 is 2.95 bits per heavy atom. The van der Waals surface area contributed by atoms with Crippen molar-refractivity contribution in [2.75, 3.05) is 12.4 Å². The Morgan fingerprint density at radius 2 is 2.25 bits per heavy atom. The summed E-state index contributed by atoms with van der Waals surface area (Å²) in [7, 11) is 1.60. The van der Waals surface area contributed by atoms with Crippen molar-refractivity contribution in [3.8, 4) is 5.75 Å². The molecule has 0 radical (unpaired) electrons. The number of amides is 1. The molecule has 0 atom stereocenters. The van der Waals surface area contributed by atoms with Gasteiger partial charge in [-0.15, -0.1) is 0 Å². The fourth-order valence-electron chi connectivity index (χ4n) is 1.82. The molecule has 5 nitrogen and oxygen atoms in total. The molecular formula is C13H11N3O2S2. The summed E-state index contributed by atoms with van der Waals surface area (Å²) in [5.41, 5.74) is 2.07. The van der Waals surface area contributed by atoms with E-state index in [0.717, 1.165) is 15.9 Å². The van der Waals surface area contributed by atoms with Crippen molar-refractivity contribution in [1.82, 2.24) is 9.36 Å². The van der Waals surface area contributed by atoms with Crippen LogP contribution in [0.25, 0.3) is 10.2 Å². The van der Waals surface area contributed by atoms with Crippen LogP contribution >= 0.6 is 22.9 Å². The van der Waals surface area contributed by atoms with E-state index in [0.29, 0.717) is 16.4 Å². The first-order valence-electron chi connectivity index (χ1n) is 5.85. The maximum atomic E-state index is 12.1. The number of hydrogen-bond donors (Lipinski definition) is 1. The minimum atomic E-state index is -0.186. The molecule has 0 saturated heterocycles. The quantitative estimate of drug-likeness (QED) is 0.806. The van der Waals surface area contributed by atoms with Gasteiger partial charge >= 0.3 is 0 Å². The van der Waals surface area contributed by atoms with Gasteiger partial charge in [-0.05, 0) is 30.6 Å². The summed E-state index contributed by atoms with van der Waals surface area (Å²) in [6.45, 7) is 1.81. The number of aryl methyl sites for hydroxylation is 1. The van der Waals surface area contributed by atoms with Crippen LogP contribution in [-0.4, -0.2) is 22.4 Å². The number of fused-ring (bicyclic) bond motifs is 1. The molecule has 0 aliphatic carbocycles. The number of carbonyl (C=O) groups is 1. The summed E-state index contributed by atoms with van der Waals surface area (Å²) in [5, 5.41) is 5.10. The van der Waals surface area contributed by atoms with Crippen molar-refractivity contribution in [2.24, 2.45) is 0 Å². The van der Waals surface area contributed by atoms with Gasteiger partial charge < -0.3 is 4.74 Å². The average molecular weight is 305 g/mol. The van der Waals surface area contributed by atoms with Gasteiger partial charge in [0.05, 0.1) is 23.1 Å². The third kappa shape index (κ3) is 2.25. The summed E-state index contributed by atoms with van der Waals surface area (Å²) in [4.78, 5) is 16.5. The molecule has 1 N–H and O–H groups in total. The lowest BCUT2D eigenvalue weighted by Gasteiger charge is -1.99. The Bertz CT molecular complexity index is 779. The molecule has 0 spiro atoms. The third-order valence-electron chi connectivity index (χ3n) is 2.82. The lowest BCUT2D eigenvalue weighted by Crippen LogP contribution is -2.11. The Hall–Kier alpha value is -1.99. The number of hydrogen-bond acceptors (Lipinski definition) is 6. The number of carbonyl (C=O) groups excluding carboxylic acids is 1. The van der Waals surface area contributed by atoms with Crippen LogP contribution in [0.15, 0.2) is 23.6 Å². The van der Waals surface area contributed by atoms with E-state index < -0.39 is 0 Å². The molecule has 0 aliphatic heterocycles. The van der Waals surface area contributed by atoms with E-state index in [4.69, 9.17) is 4.74 Å². The highest BCUT2D eigenvalue weighted by Crippen LogP contribution is 2.32. The molecule has 3 aromatic rings. The van der Waals surface area contributed by atoms with Gasteiger partial charge in [0.15, 0.2) is 5.13 Å². The highest BCUT2D eigenvalue weighted by atomic mass is 32.1. The second-order valence-electron chi connectivity index (χ2n) is 4.09. The van der Waals surface area contributed by atoms with E-state index in [-0.39, 0.29) is 5.91 Å². The number of nitrogens with one attached hydrogen (secondary N) is 1. The molecule has 102 valence electrons. The molecule has 2 heterocycles. The minimum absolute atomic E-state index is 0.186. The van der Waals surface area contributed by atoms with Crippen molar-refractivity contribution in [3.63, 3.8) is 0 Å². The van der Waals surface area contributed by atoms with Crippen molar-refractivity contribution >= 4 is 44.1 Å². The van der Waals surface area contributed by atoms with E-state index in [2.05, 4.69) is 14.7 Å². The fourth-order valence-corrected chi connectivity index (χ4v) is 3.39. The molecule has 0 aliphatic rings. The molecule has 0 unspecified atom stereocenters. The predicted molar refractivity (Wildman–Crippen MR) is 81.0 cm³/mol. The number of thiazole rings is 1. The van der Waals surface area contributed by atoms with E-state index in [1.165, 1.54) is 22.9 Å². The lowest BCUT2D eigenvalue weighted by atomic mass is 10.2. The maximum Gasteiger partial charge on any atom is 0.260 e. The molecule has 0 fully saturated rings. The zero-order valence-corrected chi connectivity index (χ0v) is 12.5. The zero-order valence-electron chi connectivity index (χ0n) is 10.8. The van der Waals surface area contributed by atoms with Crippen molar-refractivity contribution in [2.45, 2.75) is 6.92 Å². The number of ether oxygens (including phenoxy) is 1. The van der Waals surface area contributed by atoms with Gasteiger partial charge in [-0.25, -0.2) is 4.98 Å². The smallest absolute Gasteiger partial charge is 0.260 e. The topological polar surface area (TPSA) is 64.1 Å². The van der Waals surface area contributed by atoms with Crippen LogP contribution in [0, 0.1) is 6.92 Å². The highest BCUT2D eigenvalue weighted by Gasteiger charge is 2.14. The van der Waals surface area contributed by atoms with Crippen molar-refractivity contribution in [3.05, 3.63) is 34.8 Å². The summed E-state index contributed by atoms with van der Waals surface area (Å²) in [6, 6.07) is 5.70. The monoisotopic (exact) mass is 305 g/mol. The van der Waals surface area contributed by atoms with Gasteiger partial charge in [0.1, 0.15) is 11.3 Å². The third-order valence-corrected chi connectivity index (χ3v) is 4.47. The van der Waals surface area contributed by atoms with E-state index in [9.17, 15) is 4.79 Å². The first-order chi connectivity index (χ1) is 9.69. The normalized spacial score (nSPS) is 10.7. The maximum absolute atomic E-state index is 12.1. The van der Waals surface area contributed by atoms with Gasteiger partial charge in [0, 0.05) is 5.38 Å². The first kappa shape index (κ1) is 13.0. The Morgan fingerprint density at radius 1 is 1.40 bits per heavy atom. The van der Waals surface area contributed by atoms with Gasteiger partial charge in [0.2, 0.25) is 0 Å². The van der Waals surface area contributed by atoms with Crippen LogP contribution < -0.4 is 10.1 Å². The van der Waals surface area contributed by atoms with Gasteiger partial charge in [-0.2, -0.15) is 4.37 Å². The van der Waals surface area contributed by atoms with Crippen molar-refractivity contribution in [1.29, 1.82) is 0 Å². The number of aromatic nitrogens is 2. The molecule has 1 aromatic carbocycles. The lowest BCUT2D eigenvalue weighted by molar-refractivity contribution is 0.102. The number of para-hydroxylation sites is 1. The molecule has 7 heteroatoms. The molecular weight excluding hydrogens is 294 g/mol. The Kier molecular flexibility index (Phi) is 3.37. The van der Waals surface area contributed by atoms with Gasteiger partial charge in [0.25, 0.3) is 5.91 Å². The Balaban J connectivity index is 1.92. The van der Waals surface area contributed by atoms with Crippen LogP contribution in [0.3, 0.4) is 0 Å². The summed E-state index contributed by atoms with van der Waals surface area (Å²) < 4.78 is 10.3. The second-order valence-corrected chi connectivity index (χ2v) is 5.75. The highest BCUT2D eigenvalue weighted by molar-refractivity contribution is 7.22. The standard InChI is InChI=1S/C13H11N3O2S2/c1-7-8(6-19-16-7)12(17)15-13-14-11-9(18-2)4-3-5-10(11)20-13/h3-6H,1-2H3,(H,14,15,17). The number of methoxy groups -OCH3 is 1.